The Morgan fingerprint density at radius 3 is 3.00 bits per heavy atom. The minimum absolute atomic E-state index is 0.309. The van der Waals surface area contributed by atoms with Crippen molar-refractivity contribution in [3.05, 3.63) is 21.8 Å². The summed E-state index contributed by atoms with van der Waals surface area (Å²) in [4.78, 5) is 8.19. The summed E-state index contributed by atoms with van der Waals surface area (Å²) >= 11 is 2.24. The van der Waals surface area contributed by atoms with Gasteiger partial charge in [0.15, 0.2) is 0 Å². The maximum absolute atomic E-state index is 5.10. The van der Waals surface area contributed by atoms with E-state index in [2.05, 4.69) is 37.9 Å². The van der Waals surface area contributed by atoms with Crippen LogP contribution in [0.2, 0.25) is 0 Å². The van der Waals surface area contributed by atoms with E-state index in [1.807, 2.05) is 13.2 Å². The molecule has 14 heavy (non-hydrogen) atoms. The number of rotatable bonds is 5. The fourth-order valence-electron chi connectivity index (χ4n) is 1.17. The first-order valence-corrected chi connectivity index (χ1v) is 5.46. The summed E-state index contributed by atoms with van der Waals surface area (Å²) in [6.07, 6.45) is 4.27. The third kappa shape index (κ3) is 3.47. The second-order valence-electron chi connectivity index (χ2n) is 2.96. The van der Waals surface area contributed by atoms with Crippen molar-refractivity contribution >= 4 is 22.6 Å². The Morgan fingerprint density at radius 1 is 1.64 bits per heavy atom. The minimum Gasteiger partial charge on any atom is -0.383 e. The van der Waals surface area contributed by atoms with E-state index in [4.69, 9.17) is 4.74 Å². The van der Waals surface area contributed by atoms with Crippen LogP contribution in [0.3, 0.4) is 0 Å². The van der Waals surface area contributed by atoms with Gasteiger partial charge in [-0.15, -0.1) is 0 Å². The van der Waals surface area contributed by atoms with Gasteiger partial charge >= 0.3 is 0 Å². The first-order chi connectivity index (χ1) is 6.77. The Balaban J connectivity index is 2.62. The Hall–Kier alpha value is -0.270. The van der Waals surface area contributed by atoms with E-state index in [0.717, 1.165) is 15.7 Å². The lowest BCUT2D eigenvalue weighted by molar-refractivity contribution is 0.169. The first-order valence-electron chi connectivity index (χ1n) is 4.38. The highest BCUT2D eigenvalue weighted by Gasteiger charge is 2.09. The summed E-state index contributed by atoms with van der Waals surface area (Å²) in [6, 6.07) is 0.309. The molecule has 1 unspecified atom stereocenters. The van der Waals surface area contributed by atoms with E-state index >= 15 is 0 Å². The molecule has 0 amide bonds. The van der Waals surface area contributed by atoms with Gasteiger partial charge in [0.2, 0.25) is 0 Å². The molecule has 0 aliphatic carbocycles. The lowest BCUT2D eigenvalue weighted by Gasteiger charge is -2.14. The molecule has 4 nitrogen and oxygen atoms in total. The second kappa shape index (κ2) is 6.26. The highest BCUT2D eigenvalue weighted by molar-refractivity contribution is 14.1. The fourth-order valence-corrected chi connectivity index (χ4v) is 1.69. The van der Waals surface area contributed by atoms with Crippen molar-refractivity contribution < 1.29 is 4.74 Å². The van der Waals surface area contributed by atoms with Gasteiger partial charge in [-0.05, 0) is 29.6 Å². The first kappa shape index (κ1) is 11.8. The van der Waals surface area contributed by atoms with E-state index in [9.17, 15) is 0 Å². The summed E-state index contributed by atoms with van der Waals surface area (Å²) in [5, 5.41) is 3.19. The Labute approximate surface area is 97.6 Å². The quantitative estimate of drug-likeness (QED) is 0.820. The van der Waals surface area contributed by atoms with Crippen molar-refractivity contribution in [2.45, 2.75) is 12.5 Å². The van der Waals surface area contributed by atoms with Crippen molar-refractivity contribution in [1.29, 1.82) is 0 Å². The van der Waals surface area contributed by atoms with Crippen LogP contribution in [0.15, 0.2) is 12.5 Å². The largest absolute Gasteiger partial charge is 0.383 e. The average Bonchev–Trinajstić information content (AvgIpc) is 2.20. The number of hydrogen-bond acceptors (Lipinski definition) is 4. The monoisotopic (exact) mass is 307 g/mol. The molecule has 1 rings (SSSR count). The lowest BCUT2D eigenvalue weighted by Crippen LogP contribution is -2.32. The molecule has 0 saturated carbocycles. The number of ether oxygens (including phenoxy) is 1. The molecular formula is C9H14IN3O. The van der Waals surface area contributed by atoms with Crippen LogP contribution in [0, 0.1) is 3.57 Å². The molecule has 0 radical (unpaired) electrons. The summed E-state index contributed by atoms with van der Waals surface area (Å²) in [7, 11) is 3.63. The topological polar surface area (TPSA) is 47.0 Å². The van der Waals surface area contributed by atoms with E-state index < -0.39 is 0 Å². The van der Waals surface area contributed by atoms with Crippen LogP contribution >= 0.6 is 22.6 Å². The minimum atomic E-state index is 0.309. The molecule has 1 atom stereocenters. The molecule has 0 aliphatic rings. The van der Waals surface area contributed by atoms with Crippen molar-refractivity contribution in [1.82, 2.24) is 15.3 Å². The number of halogens is 1. The van der Waals surface area contributed by atoms with Gasteiger partial charge in [0, 0.05) is 25.8 Å². The van der Waals surface area contributed by atoms with Crippen molar-refractivity contribution in [3.63, 3.8) is 0 Å². The van der Waals surface area contributed by atoms with Gasteiger partial charge in [-0.3, -0.25) is 0 Å². The highest BCUT2D eigenvalue weighted by Crippen LogP contribution is 2.09. The maximum Gasteiger partial charge on any atom is 0.115 e. The SMILES string of the molecule is CNC(COC)Cc1ncncc1I. The molecule has 1 aromatic rings. The number of nitrogens with zero attached hydrogens (tertiary/aromatic N) is 2. The van der Waals surface area contributed by atoms with Crippen LogP contribution < -0.4 is 5.32 Å². The van der Waals surface area contributed by atoms with Gasteiger partial charge in [-0.2, -0.15) is 0 Å². The van der Waals surface area contributed by atoms with Crippen LogP contribution in [0.4, 0.5) is 0 Å². The molecule has 0 spiro atoms. The normalized spacial score (nSPS) is 12.8. The summed E-state index contributed by atoms with van der Waals surface area (Å²) in [5.41, 5.74) is 1.07. The van der Waals surface area contributed by atoms with E-state index in [1.165, 1.54) is 0 Å². The lowest BCUT2D eigenvalue weighted by atomic mass is 10.1. The molecule has 0 saturated heterocycles. The standard InChI is InChI=1S/C9H14IN3O/c1-11-7(5-14-2)3-9-8(10)4-12-6-13-9/h4,6-7,11H,3,5H2,1-2H3. The van der Waals surface area contributed by atoms with Crippen LogP contribution in [0.25, 0.3) is 0 Å². The average molecular weight is 307 g/mol. The van der Waals surface area contributed by atoms with Crippen molar-refractivity contribution in [2.24, 2.45) is 0 Å². The molecule has 1 N–H and O–H groups in total. The van der Waals surface area contributed by atoms with E-state index in [1.54, 1.807) is 13.4 Å². The number of hydrogen-bond donors (Lipinski definition) is 1. The van der Waals surface area contributed by atoms with Crippen LogP contribution in [-0.2, 0) is 11.2 Å². The van der Waals surface area contributed by atoms with Gasteiger partial charge in [-0.1, -0.05) is 0 Å². The van der Waals surface area contributed by atoms with Gasteiger partial charge in [0.1, 0.15) is 6.33 Å². The van der Waals surface area contributed by atoms with Crippen LogP contribution in [0.1, 0.15) is 5.69 Å². The molecule has 0 aliphatic heterocycles. The van der Waals surface area contributed by atoms with Crippen molar-refractivity contribution in [2.75, 3.05) is 20.8 Å². The zero-order valence-corrected chi connectivity index (χ0v) is 10.5. The van der Waals surface area contributed by atoms with Crippen LogP contribution in [-0.4, -0.2) is 36.8 Å². The second-order valence-corrected chi connectivity index (χ2v) is 4.12. The number of nitrogens with one attached hydrogen (secondary N) is 1. The molecule has 0 fully saturated rings. The molecular weight excluding hydrogens is 293 g/mol. The molecule has 1 heterocycles. The Kier molecular flexibility index (Phi) is 5.28. The van der Waals surface area contributed by atoms with Gasteiger partial charge in [0.25, 0.3) is 0 Å². The third-order valence-corrected chi connectivity index (χ3v) is 2.86. The Bertz CT molecular complexity index is 283. The summed E-state index contributed by atoms with van der Waals surface area (Å²) in [5.74, 6) is 0. The predicted octanol–water partition coefficient (Wildman–Crippen LogP) is 0.858. The maximum atomic E-state index is 5.10. The molecule has 5 heteroatoms. The molecule has 1 aromatic heterocycles. The van der Waals surface area contributed by atoms with Gasteiger partial charge in [0.05, 0.1) is 15.9 Å². The van der Waals surface area contributed by atoms with Gasteiger partial charge < -0.3 is 10.1 Å². The number of likely N-dealkylation sites (N-methyl/N-ethyl adjacent to an activating group) is 1. The van der Waals surface area contributed by atoms with E-state index in [0.29, 0.717) is 12.6 Å². The zero-order chi connectivity index (χ0) is 10.4. The Morgan fingerprint density at radius 2 is 2.43 bits per heavy atom. The highest BCUT2D eigenvalue weighted by atomic mass is 127. The van der Waals surface area contributed by atoms with Crippen LogP contribution in [0.5, 0.6) is 0 Å². The number of aromatic nitrogens is 2. The fraction of sp³-hybridized carbons (Fsp3) is 0.556. The van der Waals surface area contributed by atoms with Crippen molar-refractivity contribution in [3.8, 4) is 0 Å². The summed E-state index contributed by atoms with van der Waals surface area (Å²) in [6.45, 7) is 0.691. The zero-order valence-electron chi connectivity index (χ0n) is 8.33. The summed E-state index contributed by atoms with van der Waals surface area (Å²) < 4.78 is 6.20. The van der Waals surface area contributed by atoms with E-state index in [-0.39, 0.29) is 0 Å². The number of methoxy groups -OCH3 is 1. The molecule has 78 valence electrons. The molecule has 0 aromatic carbocycles. The third-order valence-electron chi connectivity index (χ3n) is 1.96. The molecule has 0 bridgehead atoms. The predicted molar refractivity (Wildman–Crippen MR) is 63.2 cm³/mol. The smallest absolute Gasteiger partial charge is 0.115 e. The van der Waals surface area contributed by atoms with Gasteiger partial charge in [-0.25, -0.2) is 9.97 Å².